The summed E-state index contributed by atoms with van der Waals surface area (Å²) in [5, 5.41) is 6.88. The van der Waals surface area contributed by atoms with Crippen molar-refractivity contribution in [2.45, 2.75) is 32.4 Å². The Hall–Kier alpha value is -3.56. The molecule has 0 bridgehead atoms. The third-order valence-electron chi connectivity index (χ3n) is 6.78. The predicted octanol–water partition coefficient (Wildman–Crippen LogP) is 6.39. The molecule has 6 nitrogen and oxygen atoms in total. The summed E-state index contributed by atoms with van der Waals surface area (Å²) in [5.74, 6) is -0.514. The molecule has 2 atom stereocenters. The zero-order valence-corrected chi connectivity index (χ0v) is 23.4. The molecule has 0 saturated carbocycles. The lowest BCUT2D eigenvalue weighted by molar-refractivity contribution is -0.116. The van der Waals surface area contributed by atoms with Crippen LogP contribution in [0.4, 0.5) is 10.1 Å². The molecule has 3 heterocycles. The molecule has 0 spiro atoms. The molecular formula is C29H27BrFN5OS. The van der Waals surface area contributed by atoms with Crippen molar-refractivity contribution in [1.29, 1.82) is 0 Å². The van der Waals surface area contributed by atoms with E-state index >= 15 is 0 Å². The van der Waals surface area contributed by atoms with E-state index in [4.69, 9.17) is 12.2 Å². The lowest BCUT2D eigenvalue weighted by atomic mass is 9.96. The first kappa shape index (κ1) is 26.1. The summed E-state index contributed by atoms with van der Waals surface area (Å²) >= 11 is 9.30. The van der Waals surface area contributed by atoms with Crippen LogP contribution in [0.2, 0.25) is 0 Å². The number of nitrogens with one attached hydrogen (secondary N) is 2. The van der Waals surface area contributed by atoms with Crippen molar-refractivity contribution >= 4 is 44.9 Å². The molecule has 1 amide bonds. The molecule has 9 heteroatoms. The van der Waals surface area contributed by atoms with Crippen LogP contribution in [-0.4, -0.2) is 32.0 Å². The van der Waals surface area contributed by atoms with E-state index in [1.807, 2.05) is 30.3 Å². The first-order chi connectivity index (χ1) is 18.3. The summed E-state index contributed by atoms with van der Waals surface area (Å²) in [6.07, 6.45) is 2.00. The van der Waals surface area contributed by atoms with Gasteiger partial charge in [-0.1, -0.05) is 22.0 Å². The van der Waals surface area contributed by atoms with Crippen LogP contribution in [0.5, 0.6) is 0 Å². The SMILES string of the molecule is Cc1cc(C2C(c3ccccn3)NC(=S)N2CCC(=O)Nc2ccc(F)cc2)c(C)n1-c1ccc(Br)cc1. The highest BCUT2D eigenvalue weighted by Crippen LogP contribution is 2.41. The number of amides is 1. The summed E-state index contributed by atoms with van der Waals surface area (Å²) in [4.78, 5) is 19.5. The maximum absolute atomic E-state index is 13.2. The zero-order chi connectivity index (χ0) is 26.8. The number of aromatic nitrogens is 2. The van der Waals surface area contributed by atoms with E-state index < -0.39 is 0 Å². The van der Waals surface area contributed by atoms with Crippen LogP contribution < -0.4 is 10.6 Å². The standard InChI is InChI=1S/C29H27BrFN5OS/c1-18-17-24(19(2)36(18)23-12-6-20(30)7-13-23)28-27(25-5-3-4-15-32-25)34-29(38)35(28)16-14-26(37)33-22-10-8-21(31)9-11-22/h3-13,15,17,27-28H,14,16H2,1-2H3,(H,33,37)(H,34,38). The Morgan fingerprint density at radius 3 is 2.53 bits per heavy atom. The van der Waals surface area contributed by atoms with Crippen molar-refractivity contribution in [1.82, 2.24) is 19.8 Å². The van der Waals surface area contributed by atoms with E-state index in [-0.39, 0.29) is 30.2 Å². The van der Waals surface area contributed by atoms with Gasteiger partial charge in [0.2, 0.25) is 5.91 Å². The fourth-order valence-corrected chi connectivity index (χ4v) is 5.63. The fourth-order valence-electron chi connectivity index (χ4n) is 5.04. The number of thiocarbonyl (C=S) groups is 1. The summed E-state index contributed by atoms with van der Waals surface area (Å²) in [6, 6.07) is 21.7. The van der Waals surface area contributed by atoms with Crippen molar-refractivity contribution in [3.05, 3.63) is 112 Å². The minimum Gasteiger partial charge on any atom is -0.352 e. The molecule has 1 aliphatic heterocycles. The van der Waals surface area contributed by atoms with Gasteiger partial charge >= 0.3 is 0 Å². The second-order valence-corrected chi connectivity index (χ2v) is 10.6. The van der Waals surface area contributed by atoms with Crippen molar-refractivity contribution in [2.24, 2.45) is 0 Å². The second-order valence-electron chi connectivity index (χ2n) is 9.26. The molecule has 194 valence electrons. The number of hydrogen-bond donors (Lipinski definition) is 2. The average Bonchev–Trinajstić information content (AvgIpc) is 3.39. The van der Waals surface area contributed by atoms with Crippen LogP contribution in [0, 0.1) is 19.7 Å². The smallest absolute Gasteiger partial charge is 0.226 e. The summed E-state index contributed by atoms with van der Waals surface area (Å²) in [7, 11) is 0. The van der Waals surface area contributed by atoms with Gasteiger partial charge in [0.05, 0.1) is 17.8 Å². The topological polar surface area (TPSA) is 62.2 Å². The molecule has 2 N–H and O–H groups in total. The Morgan fingerprint density at radius 1 is 1.11 bits per heavy atom. The number of rotatable bonds is 7. The molecule has 0 radical (unpaired) electrons. The molecule has 1 fully saturated rings. The number of carbonyl (C=O) groups excluding carboxylic acids is 1. The van der Waals surface area contributed by atoms with Crippen LogP contribution in [0.3, 0.4) is 0 Å². The van der Waals surface area contributed by atoms with Crippen LogP contribution in [0.1, 0.15) is 41.1 Å². The minimum atomic E-state index is -0.347. The average molecular weight is 593 g/mol. The van der Waals surface area contributed by atoms with Gasteiger partial charge in [-0.3, -0.25) is 9.78 Å². The third-order valence-corrected chi connectivity index (χ3v) is 7.66. The second kappa shape index (κ2) is 11.0. The van der Waals surface area contributed by atoms with E-state index in [0.29, 0.717) is 17.3 Å². The largest absolute Gasteiger partial charge is 0.352 e. The Labute approximate surface area is 235 Å². The number of aryl methyl sites for hydroxylation is 1. The first-order valence-electron chi connectivity index (χ1n) is 12.3. The Kier molecular flexibility index (Phi) is 7.58. The number of carbonyl (C=O) groups is 1. The van der Waals surface area contributed by atoms with Crippen molar-refractivity contribution in [3.8, 4) is 5.69 Å². The molecular weight excluding hydrogens is 565 g/mol. The third kappa shape index (κ3) is 5.35. The highest BCUT2D eigenvalue weighted by molar-refractivity contribution is 9.10. The van der Waals surface area contributed by atoms with Crippen LogP contribution >= 0.6 is 28.1 Å². The van der Waals surface area contributed by atoms with Gasteiger partial charge in [0.25, 0.3) is 0 Å². The van der Waals surface area contributed by atoms with Crippen LogP contribution in [0.25, 0.3) is 5.69 Å². The van der Waals surface area contributed by atoms with E-state index in [9.17, 15) is 9.18 Å². The van der Waals surface area contributed by atoms with Gasteiger partial charge in [0.1, 0.15) is 5.82 Å². The number of hydrogen-bond acceptors (Lipinski definition) is 3. The number of halogens is 2. The van der Waals surface area contributed by atoms with Crippen molar-refractivity contribution < 1.29 is 9.18 Å². The maximum atomic E-state index is 13.2. The summed E-state index contributed by atoms with van der Waals surface area (Å²) in [5.41, 5.74) is 5.83. The highest BCUT2D eigenvalue weighted by Gasteiger charge is 2.41. The van der Waals surface area contributed by atoms with E-state index in [2.05, 4.69) is 73.1 Å². The van der Waals surface area contributed by atoms with Crippen molar-refractivity contribution in [2.75, 3.05) is 11.9 Å². The molecule has 5 rings (SSSR count). The lowest BCUT2D eigenvalue weighted by Gasteiger charge is -2.28. The van der Waals surface area contributed by atoms with Gasteiger partial charge in [-0.25, -0.2) is 4.39 Å². The molecule has 1 saturated heterocycles. The Morgan fingerprint density at radius 2 is 1.84 bits per heavy atom. The van der Waals surface area contributed by atoms with Gasteiger partial charge in [-0.15, -0.1) is 0 Å². The molecule has 1 aliphatic rings. The molecule has 0 aliphatic carbocycles. The van der Waals surface area contributed by atoms with E-state index in [1.54, 1.807) is 18.3 Å². The normalized spacial score (nSPS) is 16.9. The Bertz CT molecular complexity index is 1460. The molecule has 4 aromatic rings. The number of pyridine rings is 1. The Balaban J connectivity index is 1.46. The predicted molar refractivity (Wildman–Crippen MR) is 155 cm³/mol. The number of nitrogens with zero attached hydrogens (tertiary/aromatic N) is 3. The van der Waals surface area contributed by atoms with Crippen molar-refractivity contribution in [3.63, 3.8) is 0 Å². The van der Waals surface area contributed by atoms with Gasteiger partial charge in [0.15, 0.2) is 5.11 Å². The molecule has 2 aromatic heterocycles. The highest BCUT2D eigenvalue weighted by atomic mass is 79.9. The molecule has 2 aromatic carbocycles. The zero-order valence-electron chi connectivity index (χ0n) is 21.0. The molecule has 2 unspecified atom stereocenters. The maximum Gasteiger partial charge on any atom is 0.226 e. The fraction of sp³-hybridized carbons (Fsp3) is 0.207. The van der Waals surface area contributed by atoms with E-state index in [0.717, 1.165) is 32.8 Å². The van der Waals surface area contributed by atoms with Gasteiger partial charge in [-0.2, -0.15) is 0 Å². The molecule has 38 heavy (non-hydrogen) atoms. The lowest BCUT2D eigenvalue weighted by Crippen LogP contribution is -2.32. The van der Waals surface area contributed by atoms with E-state index in [1.165, 1.54) is 12.1 Å². The van der Waals surface area contributed by atoms with Gasteiger partial charge in [0, 0.05) is 46.4 Å². The quantitative estimate of drug-likeness (QED) is 0.244. The first-order valence-corrected chi connectivity index (χ1v) is 13.5. The van der Waals surface area contributed by atoms with Gasteiger partial charge in [-0.05, 0) is 98.4 Å². The van der Waals surface area contributed by atoms with Gasteiger partial charge < -0.3 is 20.1 Å². The number of anilines is 1. The summed E-state index contributed by atoms with van der Waals surface area (Å²) < 4.78 is 16.5. The number of benzene rings is 2. The minimum absolute atomic E-state index is 0.161. The van der Waals surface area contributed by atoms with Crippen LogP contribution in [0.15, 0.2) is 83.5 Å². The van der Waals surface area contributed by atoms with Crippen LogP contribution in [-0.2, 0) is 4.79 Å². The monoisotopic (exact) mass is 591 g/mol. The summed E-state index contributed by atoms with van der Waals surface area (Å²) in [6.45, 7) is 4.62.